The second-order valence-corrected chi connectivity index (χ2v) is 3.26. The van der Waals surface area contributed by atoms with Gasteiger partial charge in [0.05, 0.1) is 6.61 Å². The molecule has 0 aliphatic heterocycles. The summed E-state index contributed by atoms with van der Waals surface area (Å²) >= 11 is 0. The van der Waals surface area contributed by atoms with Gasteiger partial charge in [0.2, 0.25) is 0 Å². The average Bonchev–Trinajstić information content (AvgIpc) is 2.30. The predicted octanol–water partition coefficient (Wildman–Crippen LogP) is 0.999. The molecule has 0 saturated heterocycles. The minimum Gasteiger partial charge on any atom is -0.450 e. The lowest BCUT2D eigenvalue weighted by atomic mass is 10.2. The number of ether oxygens (including phenoxy) is 1. The van der Waals surface area contributed by atoms with Crippen LogP contribution >= 0.6 is 0 Å². The second kappa shape index (κ2) is 6.79. The van der Waals surface area contributed by atoms with Gasteiger partial charge in [0, 0.05) is 32.0 Å². The van der Waals surface area contributed by atoms with Gasteiger partial charge in [-0.05, 0) is 24.6 Å². The Kier molecular flexibility index (Phi) is 5.28. The van der Waals surface area contributed by atoms with E-state index in [1.807, 2.05) is 12.1 Å². The first kappa shape index (κ1) is 12.4. The maximum Gasteiger partial charge on any atom is 0.410 e. The smallest absolute Gasteiger partial charge is 0.410 e. The SMILES string of the molecule is CCOC(=O)N(CCN)Cc1ccncc1. The first-order valence-electron chi connectivity index (χ1n) is 5.28. The summed E-state index contributed by atoms with van der Waals surface area (Å²) in [6.45, 7) is 3.56. The molecule has 1 rings (SSSR count). The summed E-state index contributed by atoms with van der Waals surface area (Å²) in [7, 11) is 0. The maximum absolute atomic E-state index is 11.6. The minimum absolute atomic E-state index is 0.329. The molecule has 5 nitrogen and oxygen atoms in total. The number of carbonyl (C=O) groups is 1. The average molecular weight is 223 g/mol. The number of rotatable bonds is 5. The van der Waals surface area contributed by atoms with E-state index in [-0.39, 0.29) is 6.09 Å². The highest BCUT2D eigenvalue weighted by atomic mass is 16.6. The van der Waals surface area contributed by atoms with Crippen molar-refractivity contribution in [2.75, 3.05) is 19.7 Å². The molecule has 0 bridgehead atoms. The Morgan fingerprint density at radius 1 is 1.50 bits per heavy atom. The summed E-state index contributed by atoms with van der Waals surface area (Å²) in [6.07, 6.45) is 3.06. The van der Waals surface area contributed by atoms with Crippen molar-refractivity contribution in [2.45, 2.75) is 13.5 Å². The molecule has 0 spiro atoms. The molecular formula is C11H17N3O2. The van der Waals surface area contributed by atoms with Gasteiger partial charge in [-0.15, -0.1) is 0 Å². The molecule has 1 amide bonds. The largest absolute Gasteiger partial charge is 0.450 e. The number of aromatic nitrogens is 1. The highest BCUT2D eigenvalue weighted by Gasteiger charge is 2.13. The third-order valence-corrected chi connectivity index (χ3v) is 2.05. The minimum atomic E-state index is -0.329. The molecule has 0 saturated carbocycles. The van der Waals surface area contributed by atoms with Crippen molar-refractivity contribution < 1.29 is 9.53 Å². The molecule has 0 radical (unpaired) electrons. The quantitative estimate of drug-likeness (QED) is 0.808. The maximum atomic E-state index is 11.6. The van der Waals surface area contributed by atoms with E-state index < -0.39 is 0 Å². The Hall–Kier alpha value is -1.62. The van der Waals surface area contributed by atoms with Gasteiger partial charge >= 0.3 is 6.09 Å². The van der Waals surface area contributed by atoms with Crippen molar-refractivity contribution in [1.82, 2.24) is 9.88 Å². The van der Waals surface area contributed by atoms with Crippen molar-refractivity contribution >= 4 is 6.09 Å². The Balaban J connectivity index is 2.60. The predicted molar refractivity (Wildman–Crippen MR) is 60.7 cm³/mol. The molecule has 0 aromatic carbocycles. The fourth-order valence-corrected chi connectivity index (χ4v) is 1.31. The van der Waals surface area contributed by atoms with E-state index in [9.17, 15) is 4.79 Å². The molecule has 0 aliphatic carbocycles. The molecule has 0 unspecified atom stereocenters. The molecule has 1 heterocycles. The highest BCUT2D eigenvalue weighted by Crippen LogP contribution is 2.04. The van der Waals surface area contributed by atoms with Gasteiger partial charge in [-0.1, -0.05) is 0 Å². The zero-order valence-corrected chi connectivity index (χ0v) is 9.43. The van der Waals surface area contributed by atoms with Gasteiger partial charge in [0.25, 0.3) is 0 Å². The van der Waals surface area contributed by atoms with Crippen LogP contribution in [0.25, 0.3) is 0 Å². The molecular weight excluding hydrogens is 206 g/mol. The van der Waals surface area contributed by atoms with Crippen LogP contribution in [-0.2, 0) is 11.3 Å². The van der Waals surface area contributed by atoms with E-state index in [1.165, 1.54) is 0 Å². The van der Waals surface area contributed by atoms with Gasteiger partial charge < -0.3 is 15.4 Å². The molecule has 16 heavy (non-hydrogen) atoms. The number of nitrogens with zero attached hydrogens (tertiary/aromatic N) is 2. The lowest BCUT2D eigenvalue weighted by Gasteiger charge is -2.20. The Bertz CT molecular complexity index is 316. The molecule has 2 N–H and O–H groups in total. The van der Waals surface area contributed by atoms with Gasteiger partial charge in [-0.3, -0.25) is 4.98 Å². The zero-order valence-electron chi connectivity index (χ0n) is 9.43. The molecule has 1 aromatic rings. The van der Waals surface area contributed by atoms with Gasteiger partial charge in [-0.2, -0.15) is 0 Å². The van der Waals surface area contributed by atoms with Crippen LogP contribution in [0.3, 0.4) is 0 Å². The normalized spacial score (nSPS) is 9.88. The first-order valence-corrected chi connectivity index (χ1v) is 5.28. The summed E-state index contributed by atoms with van der Waals surface area (Å²) < 4.78 is 4.94. The van der Waals surface area contributed by atoms with E-state index in [0.29, 0.717) is 26.2 Å². The van der Waals surface area contributed by atoms with Crippen LogP contribution in [0.2, 0.25) is 0 Å². The van der Waals surface area contributed by atoms with Crippen LogP contribution in [0.1, 0.15) is 12.5 Å². The van der Waals surface area contributed by atoms with Gasteiger partial charge in [0.1, 0.15) is 0 Å². The van der Waals surface area contributed by atoms with E-state index in [0.717, 1.165) is 5.56 Å². The molecule has 0 aliphatic rings. The number of pyridine rings is 1. The van der Waals surface area contributed by atoms with Crippen LogP contribution in [0.5, 0.6) is 0 Å². The van der Waals surface area contributed by atoms with E-state index >= 15 is 0 Å². The molecule has 0 fully saturated rings. The number of nitrogens with two attached hydrogens (primary N) is 1. The molecule has 88 valence electrons. The third-order valence-electron chi connectivity index (χ3n) is 2.05. The molecule has 0 atom stereocenters. The summed E-state index contributed by atoms with van der Waals surface area (Å²) in [5, 5.41) is 0. The van der Waals surface area contributed by atoms with E-state index in [4.69, 9.17) is 10.5 Å². The second-order valence-electron chi connectivity index (χ2n) is 3.26. The summed E-state index contributed by atoms with van der Waals surface area (Å²) in [5.41, 5.74) is 6.47. The molecule has 1 aromatic heterocycles. The zero-order chi connectivity index (χ0) is 11.8. The van der Waals surface area contributed by atoms with Crippen LogP contribution in [0.4, 0.5) is 4.79 Å². The number of amides is 1. The Morgan fingerprint density at radius 3 is 2.75 bits per heavy atom. The lowest BCUT2D eigenvalue weighted by Crippen LogP contribution is -2.35. The summed E-state index contributed by atoms with van der Waals surface area (Å²) in [6, 6.07) is 3.73. The molecule has 5 heteroatoms. The first-order chi connectivity index (χ1) is 7.77. The summed E-state index contributed by atoms with van der Waals surface area (Å²) in [5.74, 6) is 0. The summed E-state index contributed by atoms with van der Waals surface area (Å²) in [4.78, 5) is 17.1. The van der Waals surface area contributed by atoms with Crippen LogP contribution in [0.15, 0.2) is 24.5 Å². The lowest BCUT2D eigenvalue weighted by molar-refractivity contribution is 0.106. The van der Waals surface area contributed by atoms with Crippen LogP contribution in [0, 0.1) is 0 Å². The Labute approximate surface area is 95.2 Å². The van der Waals surface area contributed by atoms with Crippen molar-refractivity contribution in [2.24, 2.45) is 5.73 Å². The topological polar surface area (TPSA) is 68.5 Å². The Morgan fingerprint density at radius 2 is 2.19 bits per heavy atom. The fraction of sp³-hybridized carbons (Fsp3) is 0.455. The van der Waals surface area contributed by atoms with Crippen molar-refractivity contribution in [3.8, 4) is 0 Å². The van der Waals surface area contributed by atoms with E-state index in [2.05, 4.69) is 4.98 Å². The van der Waals surface area contributed by atoms with Crippen molar-refractivity contribution in [3.05, 3.63) is 30.1 Å². The van der Waals surface area contributed by atoms with Crippen LogP contribution in [-0.4, -0.2) is 35.7 Å². The number of hydrogen-bond donors (Lipinski definition) is 1. The third kappa shape index (κ3) is 3.86. The fourth-order valence-electron chi connectivity index (χ4n) is 1.31. The van der Waals surface area contributed by atoms with Gasteiger partial charge in [-0.25, -0.2) is 4.79 Å². The highest BCUT2D eigenvalue weighted by molar-refractivity contribution is 5.67. The number of carbonyl (C=O) groups excluding carboxylic acids is 1. The van der Waals surface area contributed by atoms with E-state index in [1.54, 1.807) is 24.2 Å². The van der Waals surface area contributed by atoms with Crippen molar-refractivity contribution in [3.63, 3.8) is 0 Å². The van der Waals surface area contributed by atoms with Crippen LogP contribution < -0.4 is 5.73 Å². The van der Waals surface area contributed by atoms with Crippen molar-refractivity contribution in [1.29, 1.82) is 0 Å². The monoisotopic (exact) mass is 223 g/mol. The number of hydrogen-bond acceptors (Lipinski definition) is 4. The standard InChI is InChI=1S/C11H17N3O2/c1-2-16-11(15)14(8-5-12)9-10-3-6-13-7-4-10/h3-4,6-7H,2,5,8-9,12H2,1H3. The van der Waals surface area contributed by atoms with Gasteiger partial charge in [0.15, 0.2) is 0 Å².